The zero-order chi connectivity index (χ0) is 17.4. The van der Waals surface area contributed by atoms with Crippen molar-refractivity contribution < 1.29 is 9.53 Å². The third-order valence-corrected chi connectivity index (χ3v) is 4.65. The summed E-state index contributed by atoms with van der Waals surface area (Å²) < 4.78 is 5.75. The summed E-state index contributed by atoms with van der Waals surface area (Å²) in [6.45, 7) is 4.78. The highest BCUT2D eigenvalue weighted by Gasteiger charge is 2.05. The zero-order valence-electron chi connectivity index (χ0n) is 14.0. The first-order valence-corrected chi connectivity index (χ1v) is 9.41. The molecule has 0 fully saturated rings. The molecular formula is C19H22ClNO2S. The third-order valence-electron chi connectivity index (χ3n) is 3.28. The smallest absolute Gasteiger partial charge is 0.234 e. The number of thioether (sulfide) groups is 1. The molecule has 5 heteroatoms. The van der Waals surface area contributed by atoms with Crippen LogP contribution in [-0.2, 0) is 4.79 Å². The number of ether oxygens (including phenoxy) is 1. The topological polar surface area (TPSA) is 38.3 Å². The van der Waals surface area contributed by atoms with Crippen molar-refractivity contribution >= 4 is 35.0 Å². The van der Waals surface area contributed by atoms with Crippen molar-refractivity contribution in [1.82, 2.24) is 0 Å². The monoisotopic (exact) mass is 363 g/mol. The molecule has 0 heterocycles. The number of hydrogen-bond donors (Lipinski definition) is 1. The van der Waals surface area contributed by atoms with Gasteiger partial charge in [-0.15, -0.1) is 0 Å². The quantitative estimate of drug-likeness (QED) is 0.663. The van der Waals surface area contributed by atoms with Gasteiger partial charge < -0.3 is 10.1 Å². The lowest BCUT2D eigenvalue weighted by Crippen LogP contribution is -2.14. The number of halogens is 1. The maximum absolute atomic E-state index is 11.9. The Labute approximate surface area is 152 Å². The second-order valence-electron chi connectivity index (χ2n) is 5.61. The van der Waals surface area contributed by atoms with Crippen LogP contribution in [-0.4, -0.2) is 24.0 Å². The van der Waals surface area contributed by atoms with Gasteiger partial charge in [-0.3, -0.25) is 4.79 Å². The summed E-state index contributed by atoms with van der Waals surface area (Å²) in [7, 11) is 0. The molecule has 0 bridgehead atoms. The van der Waals surface area contributed by atoms with E-state index in [4.69, 9.17) is 16.3 Å². The van der Waals surface area contributed by atoms with Crippen LogP contribution in [0.4, 0.5) is 5.69 Å². The van der Waals surface area contributed by atoms with Crippen LogP contribution in [0, 0.1) is 13.8 Å². The number of nitrogens with one attached hydrogen (secondary N) is 1. The fraction of sp³-hybridized carbons (Fsp3) is 0.316. The number of para-hydroxylation sites is 1. The van der Waals surface area contributed by atoms with Gasteiger partial charge in [0.25, 0.3) is 0 Å². The van der Waals surface area contributed by atoms with Gasteiger partial charge >= 0.3 is 0 Å². The molecule has 0 aromatic heterocycles. The van der Waals surface area contributed by atoms with Gasteiger partial charge in [0.05, 0.1) is 23.1 Å². The molecule has 1 amide bonds. The second kappa shape index (κ2) is 9.60. The minimum atomic E-state index is -0.0386. The first-order chi connectivity index (χ1) is 11.5. The first kappa shape index (κ1) is 18.7. The summed E-state index contributed by atoms with van der Waals surface area (Å²) in [5.41, 5.74) is 3.06. The van der Waals surface area contributed by atoms with Crippen LogP contribution in [0.15, 0.2) is 42.5 Å². The van der Waals surface area contributed by atoms with Gasteiger partial charge in [-0.2, -0.15) is 11.8 Å². The van der Waals surface area contributed by atoms with E-state index in [0.717, 1.165) is 17.9 Å². The van der Waals surface area contributed by atoms with E-state index >= 15 is 0 Å². The predicted octanol–water partition coefficient (Wildman–Crippen LogP) is 5.10. The summed E-state index contributed by atoms with van der Waals surface area (Å²) in [5.74, 6) is 2.16. The highest BCUT2D eigenvalue weighted by Crippen LogP contribution is 2.20. The van der Waals surface area contributed by atoms with Crippen molar-refractivity contribution in [3.63, 3.8) is 0 Å². The van der Waals surface area contributed by atoms with Crippen LogP contribution in [0.5, 0.6) is 5.75 Å². The standard InChI is InChI=1S/C19H22ClNO2S/c1-14-10-15(2)12-16(11-14)23-8-5-9-24-13-19(22)21-18-7-4-3-6-17(18)20/h3-4,6-7,10-12H,5,8-9,13H2,1-2H3,(H,21,22). The summed E-state index contributed by atoms with van der Waals surface area (Å²) in [6, 6.07) is 13.4. The van der Waals surface area contributed by atoms with Crippen LogP contribution >= 0.6 is 23.4 Å². The Morgan fingerprint density at radius 3 is 2.58 bits per heavy atom. The molecule has 2 aromatic carbocycles. The summed E-state index contributed by atoms with van der Waals surface area (Å²) in [4.78, 5) is 11.9. The number of carbonyl (C=O) groups excluding carboxylic acids is 1. The van der Waals surface area contributed by atoms with E-state index in [2.05, 4.69) is 25.2 Å². The zero-order valence-corrected chi connectivity index (χ0v) is 15.5. The fourth-order valence-corrected chi connectivity index (χ4v) is 3.19. The van der Waals surface area contributed by atoms with E-state index in [1.54, 1.807) is 23.9 Å². The Morgan fingerprint density at radius 2 is 1.88 bits per heavy atom. The maximum Gasteiger partial charge on any atom is 0.234 e. The SMILES string of the molecule is Cc1cc(C)cc(OCCCSCC(=O)Nc2ccccc2Cl)c1. The van der Waals surface area contributed by atoms with Crippen LogP contribution in [0.1, 0.15) is 17.5 Å². The summed E-state index contributed by atoms with van der Waals surface area (Å²) in [5, 5.41) is 3.37. The molecular weight excluding hydrogens is 342 g/mol. The average molecular weight is 364 g/mol. The van der Waals surface area contributed by atoms with Gasteiger partial charge in [0.1, 0.15) is 5.75 Å². The molecule has 0 radical (unpaired) electrons. The number of benzene rings is 2. The number of amides is 1. The first-order valence-electron chi connectivity index (χ1n) is 7.88. The molecule has 2 aromatic rings. The molecule has 0 spiro atoms. The fourth-order valence-electron chi connectivity index (χ4n) is 2.28. The number of carbonyl (C=O) groups is 1. The largest absolute Gasteiger partial charge is 0.494 e. The minimum Gasteiger partial charge on any atom is -0.494 e. The van der Waals surface area contributed by atoms with Crippen LogP contribution in [0.2, 0.25) is 5.02 Å². The highest BCUT2D eigenvalue weighted by molar-refractivity contribution is 7.99. The third kappa shape index (κ3) is 6.46. The highest BCUT2D eigenvalue weighted by atomic mass is 35.5. The molecule has 24 heavy (non-hydrogen) atoms. The van der Waals surface area contributed by atoms with Crippen molar-refractivity contribution in [2.45, 2.75) is 20.3 Å². The second-order valence-corrected chi connectivity index (χ2v) is 7.12. The van der Waals surface area contributed by atoms with Gasteiger partial charge in [-0.25, -0.2) is 0 Å². The van der Waals surface area contributed by atoms with Gasteiger partial charge in [0, 0.05) is 0 Å². The van der Waals surface area contributed by atoms with Crippen LogP contribution < -0.4 is 10.1 Å². The van der Waals surface area contributed by atoms with E-state index < -0.39 is 0 Å². The molecule has 0 aliphatic rings. The van der Waals surface area contributed by atoms with Gasteiger partial charge in [0.15, 0.2) is 0 Å². The summed E-state index contributed by atoms with van der Waals surface area (Å²) >= 11 is 7.61. The van der Waals surface area contributed by atoms with E-state index in [9.17, 15) is 4.79 Å². The Bertz CT molecular complexity index is 671. The van der Waals surface area contributed by atoms with Crippen molar-refractivity contribution in [3.8, 4) is 5.75 Å². The van der Waals surface area contributed by atoms with Gasteiger partial charge in [-0.05, 0) is 61.4 Å². The molecule has 0 unspecified atom stereocenters. The van der Waals surface area contributed by atoms with Gasteiger partial charge in [-0.1, -0.05) is 29.8 Å². The molecule has 1 N–H and O–H groups in total. The van der Waals surface area contributed by atoms with E-state index in [1.807, 2.05) is 24.3 Å². The number of aryl methyl sites for hydroxylation is 2. The lowest BCUT2D eigenvalue weighted by Gasteiger charge is -2.09. The molecule has 0 atom stereocenters. The van der Waals surface area contributed by atoms with E-state index in [1.165, 1.54) is 11.1 Å². The lowest BCUT2D eigenvalue weighted by molar-refractivity contribution is -0.113. The Hall–Kier alpha value is -1.65. The molecule has 0 aliphatic carbocycles. The van der Waals surface area contributed by atoms with E-state index in [-0.39, 0.29) is 5.91 Å². The minimum absolute atomic E-state index is 0.0386. The van der Waals surface area contributed by atoms with Crippen molar-refractivity contribution in [1.29, 1.82) is 0 Å². The predicted molar refractivity (Wildman–Crippen MR) is 103 cm³/mol. The molecule has 0 saturated carbocycles. The Balaban J connectivity index is 1.61. The molecule has 128 valence electrons. The number of hydrogen-bond acceptors (Lipinski definition) is 3. The Morgan fingerprint density at radius 1 is 1.17 bits per heavy atom. The molecule has 0 saturated heterocycles. The molecule has 2 rings (SSSR count). The maximum atomic E-state index is 11.9. The van der Waals surface area contributed by atoms with Crippen molar-refractivity contribution in [3.05, 3.63) is 58.6 Å². The van der Waals surface area contributed by atoms with Crippen molar-refractivity contribution in [2.24, 2.45) is 0 Å². The van der Waals surface area contributed by atoms with Gasteiger partial charge in [0.2, 0.25) is 5.91 Å². The molecule has 3 nitrogen and oxygen atoms in total. The summed E-state index contributed by atoms with van der Waals surface area (Å²) in [6.07, 6.45) is 0.900. The number of anilines is 1. The average Bonchev–Trinajstić information content (AvgIpc) is 2.52. The van der Waals surface area contributed by atoms with E-state index in [0.29, 0.717) is 23.1 Å². The van der Waals surface area contributed by atoms with Crippen LogP contribution in [0.3, 0.4) is 0 Å². The van der Waals surface area contributed by atoms with Crippen LogP contribution in [0.25, 0.3) is 0 Å². The normalized spacial score (nSPS) is 10.5. The van der Waals surface area contributed by atoms with Crippen molar-refractivity contribution in [2.75, 3.05) is 23.4 Å². The number of rotatable bonds is 8. The Kier molecular flexibility index (Phi) is 7.47. The lowest BCUT2D eigenvalue weighted by atomic mass is 10.1. The molecule has 0 aliphatic heterocycles.